The molecule has 0 radical (unpaired) electrons. The van der Waals surface area contributed by atoms with E-state index in [2.05, 4.69) is 4.98 Å². The molecular weight excluding hydrogens is 271 g/mol. The lowest BCUT2D eigenvalue weighted by molar-refractivity contribution is 0.385. The SMILES string of the molecule is Cc1cn(CC2(C=CP(=O)(O)O)CC2)c(=O)[nH]c1=O. The zero-order valence-corrected chi connectivity index (χ0v) is 11.3. The average Bonchev–Trinajstić information content (AvgIpc) is 3.03. The summed E-state index contributed by atoms with van der Waals surface area (Å²) in [6, 6.07) is 0. The number of aromatic amines is 1. The van der Waals surface area contributed by atoms with E-state index in [1.807, 2.05) is 0 Å². The van der Waals surface area contributed by atoms with Gasteiger partial charge in [-0.15, -0.1) is 0 Å². The van der Waals surface area contributed by atoms with Gasteiger partial charge in [0.15, 0.2) is 0 Å². The van der Waals surface area contributed by atoms with Crippen LogP contribution in [0.15, 0.2) is 27.7 Å². The number of hydrogen-bond acceptors (Lipinski definition) is 3. The van der Waals surface area contributed by atoms with Crippen LogP contribution in [0.3, 0.4) is 0 Å². The van der Waals surface area contributed by atoms with Gasteiger partial charge >= 0.3 is 13.3 Å². The van der Waals surface area contributed by atoms with Crippen molar-refractivity contribution in [2.75, 3.05) is 0 Å². The van der Waals surface area contributed by atoms with Crippen LogP contribution in [0.2, 0.25) is 0 Å². The lowest BCUT2D eigenvalue weighted by Crippen LogP contribution is -2.32. The third-order valence-electron chi connectivity index (χ3n) is 3.19. The Bertz CT molecular complexity index is 677. The molecule has 7 nitrogen and oxygen atoms in total. The summed E-state index contributed by atoms with van der Waals surface area (Å²) in [5, 5.41) is 0. The normalized spacial score (nSPS) is 17.8. The van der Waals surface area contributed by atoms with Crippen LogP contribution in [0.1, 0.15) is 18.4 Å². The standard InChI is InChI=1S/C11H15N2O5P/c1-8-6-13(10(15)12-9(8)14)7-11(2-3-11)4-5-19(16,17)18/h4-6H,2-3,7H2,1H3,(H,12,14,15)(H2,16,17,18). The van der Waals surface area contributed by atoms with Crippen LogP contribution in [0.25, 0.3) is 0 Å². The first-order valence-electron chi connectivity index (χ1n) is 5.77. The molecule has 0 atom stereocenters. The Morgan fingerprint density at radius 2 is 2.11 bits per heavy atom. The molecule has 104 valence electrons. The average molecular weight is 286 g/mol. The van der Waals surface area contributed by atoms with Crippen molar-refractivity contribution < 1.29 is 14.4 Å². The summed E-state index contributed by atoms with van der Waals surface area (Å²) in [7, 11) is -4.18. The lowest BCUT2D eigenvalue weighted by Gasteiger charge is -2.12. The van der Waals surface area contributed by atoms with E-state index in [0.29, 0.717) is 12.1 Å². The molecule has 0 amide bonds. The molecule has 1 fully saturated rings. The molecule has 0 aliphatic heterocycles. The minimum atomic E-state index is -4.18. The van der Waals surface area contributed by atoms with Gasteiger partial charge in [0.2, 0.25) is 0 Å². The molecule has 0 saturated heterocycles. The molecule has 0 spiro atoms. The van der Waals surface area contributed by atoms with Crippen LogP contribution >= 0.6 is 7.60 Å². The summed E-state index contributed by atoms with van der Waals surface area (Å²) < 4.78 is 12.2. The van der Waals surface area contributed by atoms with E-state index in [4.69, 9.17) is 9.79 Å². The van der Waals surface area contributed by atoms with E-state index in [1.54, 1.807) is 6.92 Å². The van der Waals surface area contributed by atoms with E-state index in [9.17, 15) is 14.2 Å². The molecule has 0 bridgehead atoms. The van der Waals surface area contributed by atoms with E-state index in [1.165, 1.54) is 16.8 Å². The highest BCUT2D eigenvalue weighted by Gasteiger charge is 2.41. The minimum Gasteiger partial charge on any atom is -0.321 e. The number of nitrogens with one attached hydrogen (secondary N) is 1. The highest BCUT2D eigenvalue weighted by Crippen LogP contribution is 2.50. The Balaban J connectivity index is 2.25. The first-order valence-corrected chi connectivity index (χ1v) is 7.45. The van der Waals surface area contributed by atoms with E-state index >= 15 is 0 Å². The van der Waals surface area contributed by atoms with Gasteiger partial charge < -0.3 is 9.79 Å². The maximum atomic E-state index is 11.6. The van der Waals surface area contributed by atoms with Crippen molar-refractivity contribution in [1.29, 1.82) is 0 Å². The van der Waals surface area contributed by atoms with Crippen LogP contribution in [0.5, 0.6) is 0 Å². The van der Waals surface area contributed by atoms with Gasteiger partial charge in [0.05, 0.1) is 0 Å². The Morgan fingerprint density at radius 3 is 2.63 bits per heavy atom. The van der Waals surface area contributed by atoms with Crippen molar-refractivity contribution in [3.05, 3.63) is 44.5 Å². The van der Waals surface area contributed by atoms with Crippen LogP contribution in [0.4, 0.5) is 0 Å². The fourth-order valence-electron chi connectivity index (χ4n) is 1.87. The predicted molar refractivity (Wildman–Crippen MR) is 68.9 cm³/mol. The highest BCUT2D eigenvalue weighted by atomic mass is 31.2. The Hall–Kier alpha value is -1.43. The summed E-state index contributed by atoms with van der Waals surface area (Å²) in [5.41, 5.74) is -0.895. The van der Waals surface area contributed by atoms with Gasteiger partial charge in [-0.25, -0.2) is 4.79 Å². The molecule has 19 heavy (non-hydrogen) atoms. The van der Waals surface area contributed by atoms with Gasteiger partial charge in [-0.1, -0.05) is 6.08 Å². The second kappa shape index (κ2) is 4.59. The second-order valence-electron chi connectivity index (χ2n) is 4.97. The van der Waals surface area contributed by atoms with Crippen molar-refractivity contribution in [2.45, 2.75) is 26.3 Å². The maximum absolute atomic E-state index is 11.6. The molecular formula is C11H15N2O5P. The van der Waals surface area contributed by atoms with E-state index in [-0.39, 0.29) is 0 Å². The van der Waals surface area contributed by atoms with Crippen LogP contribution in [-0.4, -0.2) is 19.3 Å². The summed E-state index contributed by atoms with van der Waals surface area (Å²) in [6.07, 6.45) is 4.45. The van der Waals surface area contributed by atoms with Crippen molar-refractivity contribution in [3.63, 3.8) is 0 Å². The number of aromatic nitrogens is 2. The van der Waals surface area contributed by atoms with Crippen LogP contribution < -0.4 is 11.2 Å². The molecule has 1 aliphatic rings. The molecule has 0 unspecified atom stereocenters. The quantitative estimate of drug-likeness (QED) is 0.690. The van der Waals surface area contributed by atoms with Crippen molar-refractivity contribution in [1.82, 2.24) is 9.55 Å². The molecule has 1 aromatic heterocycles. The Labute approximate surface area is 108 Å². The van der Waals surface area contributed by atoms with E-state index in [0.717, 1.165) is 18.7 Å². The summed E-state index contributed by atoms with van der Waals surface area (Å²) in [5.74, 6) is 0.879. The number of nitrogens with zero attached hydrogens (tertiary/aromatic N) is 1. The molecule has 1 aromatic rings. The van der Waals surface area contributed by atoms with Crippen molar-refractivity contribution >= 4 is 7.60 Å². The molecule has 1 aliphatic carbocycles. The zero-order valence-electron chi connectivity index (χ0n) is 10.4. The first kappa shape index (κ1) is 14.0. The molecule has 8 heteroatoms. The van der Waals surface area contributed by atoms with Crippen LogP contribution in [0, 0.1) is 12.3 Å². The largest absolute Gasteiger partial charge is 0.348 e. The fourth-order valence-corrected chi connectivity index (χ4v) is 2.38. The van der Waals surface area contributed by atoms with Gasteiger partial charge in [0.25, 0.3) is 5.56 Å². The first-order chi connectivity index (χ1) is 8.71. The van der Waals surface area contributed by atoms with Crippen LogP contribution in [-0.2, 0) is 11.1 Å². The summed E-state index contributed by atoms with van der Waals surface area (Å²) in [6.45, 7) is 1.90. The molecule has 3 N–H and O–H groups in total. The third kappa shape index (κ3) is 3.53. The number of aryl methyl sites for hydroxylation is 1. The molecule has 1 heterocycles. The number of allylic oxidation sites excluding steroid dienone is 1. The Morgan fingerprint density at radius 1 is 1.47 bits per heavy atom. The monoisotopic (exact) mass is 286 g/mol. The maximum Gasteiger partial charge on any atom is 0.348 e. The number of rotatable bonds is 4. The van der Waals surface area contributed by atoms with E-state index < -0.39 is 24.3 Å². The molecule has 2 rings (SSSR count). The molecule has 1 saturated carbocycles. The highest BCUT2D eigenvalue weighted by molar-refractivity contribution is 7.55. The number of hydrogen-bond donors (Lipinski definition) is 3. The minimum absolute atomic E-state index is 0.306. The predicted octanol–water partition coefficient (Wildman–Crippen LogP) is 0.317. The zero-order chi connectivity index (χ0) is 14.3. The van der Waals surface area contributed by atoms with Gasteiger partial charge in [0, 0.05) is 29.5 Å². The van der Waals surface area contributed by atoms with Crippen molar-refractivity contribution in [2.24, 2.45) is 5.41 Å². The summed E-state index contributed by atoms with van der Waals surface area (Å²) in [4.78, 5) is 42.7. The van der Waals surface area contributed by atoms with Gasteiger partial charge in [0.1, 0.15) is 0 Å². The second-order valence-corrected chi connectivity index (χ2v) is 6.44. The van der Waals surface area contributed by atoms with Gasteiger partial charge in [-0.3, -0.25) is 18.9 Å². The smallest absolute Gasteiger partial charge is 0.321 e. The number of H-pyrrole nitrogens is 1. The third-order valence-corrected chi connectivity index (χ3v) is 3.73. The Kier molecular flexibility index (Phi) is 3.38. The fraction of sp³-hybridized carbons (Fsp3) is 0.455. The molecule has 0 aromatic carbocycles. The lowest BCUT2D eigenvalue weighted by atomic mass is 10.1. The topological polar surface area (TPSA) is 112 Å². The van der Waals surface area contributed by atoms with Gasteiger partial charge in [-0.05, 0) is 19.8 Å². The summed E-state index contributed by atoms with van der Waals surface area (Å²) >= 11 is 0. The van der Waals surface area contributed by atoms with Crippen molar-refractivity contribution in [3.8, 4) is 0 Å². The van der Waals surface area contributed by atoms with Gasteiger partial charge in [-0.2, -0.15) is 0 Å².